The molecular weight excluding hydrogens is 195 g/mol. The Kier molecular flexibility index (Phi) is 3.49. The van der Waals surface area contributed by atoms with Crippen molar-refractivity contribution >= 4 is 0 Å². The van der Waals surface area contributed by atoms with Gasteiger partial charge in [-0.15, -0.1) is 0 Å². The Balaban J connectivity index is 3.04. The molecule has 0 amide bonds. The molecule has 0 heterocycles. The number of hydrogen-bond acceptors (Lipinski definition) is 2. The maximum Gasteiger partial charge on any atom is 0.194 e. The van der Waals surface area contributed by atoms with Crippen LogP contribution in [0.25, 0.3) is 0 Å². The zero-order valence-corrected chi connectivity index (χ0v) is 7.30. The van der Waals surface area contributed by atoms with Crippen LogP contribution in [0.1, 0.15) is 18.1 Å². The van der Waals surface area contributed by atoms with Crippen molar-refractivity contribution in [1.82, 2.24) is 0 Å². The van der Waals surface area contributed by atoms with E-state index < -0.39 is 23.6 Å². The van der Waals surface area contributed by atoms with Crippen molar-refractivity contribution in [3.63, 3.8) is 0 Å². The standard InChI is InChI=1S/C9H10F3NO/c10-6-2-1-5(7(14)3-4-13)8(11)9(6)12/h1-2,7,14H,3-4,13H2/t7-/m1/s1. The summed E-state index contributed by atoms with van der Waals surface area (Å²) in [7, 11) is 0. The van der Waals surface area contributed by atoms with Gasteiger partial charge in [-0.25, -0.2) is 13.2 Å². The minimum Gasteiger partial charge on any atom is -0.388 e. The van der Waals surface area contributed by atoms with Crippen molar-refractivity contribution < 1.29 is 18.3 Å². The largest absolute Gasteiger partial charge is 0.388 e. The first-order valence-corrected chi connectivity index (χ1v) is 4.09. The third kappa shape index (κ3) is 2.05. The summed E-state index contributed by atoms with van der Waals surface area (Å²) in [6, 6.07) is 1.78. The average molecular weight is 205 g/mol. The lowest BCUT2D eigenvalue weighted by molar-refractivity contribution is 0.164. The number of benzene rings is 1. The summed E-state index contributed by atoms with van der Waals surface area (Å²) in [5.74, 6) is -4.20. The smallest absolute Gasteiger partial charge is 0.194 e. The minimum atomic E-state index is -1.57. The molecule has 0 aliphatic carbocycles. The van der Waals surface area contributed by atoms with E-state index in [0.29, 0.717) is 0 Å². The summed E-state index contributed by atoms with van der Waals surface area (Å²) in [5.41, 5.74) is 4.87. The van der Waals surface area contributed by atoms with E-state index in [1.54, 1.807) is 0 Å². The van der Waals surface area contributed by atoms with Gasteiger partial charge in [0.25, 0.3) is 0 Å². The lowest BCUT2D eigenvalue weighted by Crippen LogP contribution is -2.09. The van der Waals surface area contributed by atoms with E-state index in [9.17, 15) is 18.3 Å². The lowest BCUT2D eigenvalue weighted by Gasteiger charge is -2.10. The number of aliphatic hydroxyl groups excluding tert-OH is 1. The molecule has 0 radical (unpaired) electrons. The van der Waals surface area contributed by atoms with Gasteiger partial charge in [-0.05, 0) is 19.0 Å². The van der Waals surface area contributed by atoms with Crippen LogP contribution < -0.4 is 5.73 Å². The molecule has 1 aromatic rings. The van der Waals surface area contributed by atoms with E-state index in [0.717, 1.165) is 12.1 Å². The third-order valence-electron chi connectivity index (χ3n) is 1.86. The molecule has 14 heavy (non-hydrogen) atoms. The molecule has 0 unspecified atom stereocenters. The van der Waals surface area contributed by atoms with Gasteiger partial charge in [0.15, 0.2) is 17.5 Å². The molecule has 0 spiro atoms. The Morgan fingerprint density at radius 3 is 2.43 bits per heavy atom. The molecule has 0 saturated heterocycles. The Labute approximate surface area is 79.2 Å². The van der Waals surface area contributed by atoms with Crippen LogP contribution >= 0.6 is 0 Å². The van der Waals surface area contributed by atoms with Crippen molar-refractivity contribution in [2.45, 2.75) is 12.5 Å². The number of halogens is 3. The summed E-state index contributed by atoms with van der Waals surface area (Å²) in [6.07, 6.45) is -1.10. The number of rotatable bonds is 3. The van der Waals surface area contributed by atoms with Gasteiger partial charge in [-0.1, -0.05) is 6.07 Å². The van der Waals surface area contributed by atoms with Crippen LogP contribution in [0.2, 0.25) is 0 Å². The van der Waals surface area contributed by atoms with Gasteiger partial charge < -0.3 is 10.8 Å². The second-order valence-corrected chi connectivity index (χ2v) is 2.86. The van der Waals surface area contributed by atoms with Crippen LogP contribution in [0.4, 0.5) is 13.2 Å². The third-order valence-corrected chi connectivity index (χ3v) is 1.86. The van der Waals surface area contributed by atoms with Crippen molar-refractivity contribution in [3.8, 4) is 0 Å². The Morgan fingerprint density at radius 1 is 1.21 bits per heavy atom. The van der Waals surface area contributed by atoms with Gasteiger partial charge in [0.2, 0.25) is 0 Å². The summed E-state index contributed by atoms with van der Waals surface area (Å²) < 4.78 is 38.2. The molecule has 0 fully saturated rings. The molecule has 1 atom stereocenters. The first-order chi connectivity index (χ1) is 6.57. The molecule has 2 nitrogen and oxygen atoms in total. The Hall–Kier alpha value is -1.07. The van der Waals surface area contributed by atoms with Crippen LogP contribution in [-0.2, 0) is 0 Å². The first-order valence-electron chi connectivity index (χ1n) is 4.09. The van der Waals surface area contributed by atoms with Crippen LogP contribution in [-0.4, -0.2) is 11.7 Å². The molecule has 5 heteroatoms. The van der Waals surface area contributed by atoms with Crippen LogP contribution in [0.5, 0.6) is 0 Å². The van der Waals surface area contributed by atoms with E-state index in [1.165, 1.54) is 0 Å². The maximum atomic E-state index is 13.0. The topological polar surface area (TPSA) is 46.2 Å². The summed E-state index contributed by atoms with van der Waals surface area (Å²) in [6.45, 7) is 0.138. The zero-order valence-electron chi connectivity index (χ0n) is 7.30. The van der Waals surface area contributed by atoms with Crippen molar-refractivity contribution in [1.29, 1.82) is 0 Å². The molecule has 1 aromatic carbocycles. The molecule has 0 aliphatic heterocycles. The van der Waals surface area contributed by atoms with Crippen LogP contribution in [0.3, 0.4) is 0 Å². The van der Waals surface area contributed by atoms with Gasteiger partial charge in [0, 0.05) is 5.56 Å². The SMILES string of the molecule is NCC[C@@H](O)c1ccc(F)c(F)c1F. The fourth-order valence-corrected chi connectivity index (χ4v) is 1.11. The number of nitrogens with two attached hydrogens (primary N) is 1. The Morgan fingerprint density at radius 2 is 1.86 bits per heavy atom. The quantitative estimate of drug-likeness (QED) is 0.734. The predicted molar refractivity (Wildman–Crippen MR) is 44.9 cm³/mol. The highest BCUT2D eigenvalue weighted by Gasteiger charge is 2.18. The van der Waals surface area contributed by atoms with Crippen molar-refractivity contribution in [2.24, 2.45) is 5.73 Å². The van der Waals surface area contributed by atoms with E-state index in [4.69, 9.17) is 5.73 Å². The first kappa shape index (κ1) is 11.0. The normalized spacial score (nSPS) is 12.9. The second kappa shape index (κ2) is 4.43. The van der Waals surface area contributed by atoms with E-state index in [2.05, 4.69) is 0 Å². The summed E-state index contributed by atoms with van der Waals surface area (Å²) in [4.78, 5) is 0. The van der Waals surface area contributed by atoms with Gasteiger partial charge in [-0.2, -0.15) is 0 Å². The van der Waals surface area contributed by atoms with Gasteiger partial charge in [0.1, 0.15) is 0 Å². The van der Waals surface area contributed by atoms with Crippen LogP contribution in [0, 0.1) is 17.5 Å². The fourth-order valence-electron chi connectivity index (χ4n) is 1.11. The molecular formula is C9H10F3NO. The van der Waals surface area contributed by atoms with Crippen molar-refractivity contribution in [2.75, 3.05) is 6.54 Å². The highest BCUT2D eigenvalue weighted by molar-refractivity contribution is 5.22. The van der Waals surface area contributed by atoms with Gasteiger partial charge in [-0.3, -0.25) is 0 Å². The van der Waals surface area contributed by atoms with Crippen LogP contribution in [0.15, 0.2) is 12.1 Å². The molecule has 0 aliphatic rings. The maximum absolute atomic E-state index is 13.0. The molecule has 0 bridgehead atoms. The monoisotopic (exact) mass is 205 g/mol. The zero-order chi connectivity index (χ0) is 10.7. The minimum absolute atomic E-state index is 0.0992. The van der Waals surface area contributed by atoms with E-state index in [-0.39, 0.29) is 18.5 Å². The summed E-state index contributed by atoms with van der Waals surface area (Å²) >= 11 is 0. The lowest BCUT2D eigenvalue weighted by atomic mass is 10.1. The highest BCUT2D eigenvalue weighted by Crippen LogP contribution is 2.22. The van der Waals surface area contributed by atoms with Crippen molar-refractivity contribution in [3.05, 3.63) is 35.1 Å². The molecule has 1 rings (SSSR count). The molecule has 0 saturated carbocycles. The average Bonchev–Trinajstić information content (AvgIpc) is 2.15. The predicted octanol–water partition coefficient (Wildman–Crippen LogP) is 1.49. The number of aliphatic hydroxyl groups is 1. The van der Waals surface area contributed by atoms with Gasteiger partial charge >= 0.3 is 0 Å². The second-order valence-electron chi connectivity index (χ2n) is 2.86. The molecule has 0 aromatic heterocycles. The molecule has 78 valence electrons. The Bertz CT molecular complexity index is 330. The van der Waals surface area contributed by atoms with E-state index >= 15 is 0 Å². The highest BCUT2D eigenvalue weighted by atomic mass is 19.2. The number of hydrogen-bond donors (Lipinski definition) is 2. The van der Waals surface area contributed by atoms with Gasteiger partial charge in [0.05, 0.1) is 6.10 Å². The summed E-state index contributed by atoms with van der Waals surface area (Å²) in [5, 5.41) is 9.31. The van der Waals surface area contributed by atoms with E-state index in [1.807, 2.05) is 0 Å². The fraction of sp³-hybridized carbons (Fsp3) is 0.333. The molecule has 3 N–H and O–H groups in total.